The number of benzene rings is 2. The van der Waals surface area contributed by atoms with Crippen molar-refractivity contribution < 1.29 is 27.0 Å². The molecule has 4 rings (SSSR count). The smallest absolute Gasteiger partial charge is 0.200 e. The summed E-state index contributed by atoms with van der Waals surface area (Å²) >= 11 is 0. The molecular weight excluding hydrogens is 480 g/mol. The van der Waals surface area contributed by atoms with Crippen LogP contribution in [0.15, 0.2) is 36.9 Å². The molecule has 0 heterocycles. The maximum absolute atomic E-state index is 15.0. The molecule has 0 N–H and O–H groups in total. The molecule has 0 saturated heterocycles. The van der Waals surface area contributed by atoms with Crippen molar-refractivity contribution in [2.45, 2.75) is 89.1 Å². The molecule has 0 unspecified atom stereocenters. The molecule has 0 atom stereocenters. The summed E-state index contributed by atoms with van der Waals surface area (Å²) in [5.41, 5.74) is 1.31. The average Bonchev–Trinajstić information content (AvgIpc) is 2.92. The Labute approximate surface area is 218 Å². The van der Waals surface area contributed by atoms with E-state index < -0.39 is 23.3 Å². The quantitative estimate of drug-likeness (QED) is 0.231. The lowest BCUT2D eigenvalue weighted by molar-refractivity contribution is 0.0325. The van der Waals surface area contributed by atoms with Gasteiger partial charge in [0.25, 0.3) is 0 Å². The van der Waals surface area contributed by atoms with Crippen LogP contribution in [-0.4, -0.2) is 19.3 Å². The number of ether oxygens (including phenoxy) is 2. The van der Waals surface area contributed by atoms with Gasteiger partial charge in [0.1, 0.15) is 6.61 Å². The van der Waals surface area contributed by atoms with Crippen molar-refractivity contribution in [2.24, 2.45) is 5.92 Å². The summed E-state index contributed by atoms with van der Waals surface area (Å²) in [4.78, 5) is 0. The molecular formula is C31H38F4O2. The predicted octanol–water partition coefficient (Wildman–Crippen LogP) is 8.78. The van der Waals surface area contributed by atoms with Gasteiger partial charge in [-0.15, -0.1) is 0 Å². The summed E-state index contributed by atoms with van der Waals surface area (Å²) in [6.07, 6.45) is 9.55. The summed E-state index contributed by atoms with van der Waals surface area (Å²) in [5.74, 6) is -2.95. The first-order chi connectivity index (χ1) is 17.9. The summed E-state index contributed by atoms with van der Waals surface area (Å²) < 4.78 is 69.9. The summed E-state index contributed by atoms with van der Waals surface area (Å²) in [7, 11) is 0. The fourth-order valence-corrected chi connectivity index (χ4v) is 6.13. The van der Waals surface area contributed by atoms with Gasteiger partial charge in [-0.1, -0.05) is 30.9 Å². The molecule has 0 spiro atoms. The van der Waals surface area contributed by atoms with Crippen LogP contribution in [0.5, 0.6) is 5.75 Å². The lowest BCUT2D eigenvalue weighted by Crippen LogP contribution is -2.21. The fourth-order valence-electron chi connectivity index (χ4n) is 6.13. The van der Waals surface area contributed by atoms with Crippen molar-refractivity contribution in [1.82, 2.24) is 0 Å². The van der Waals surface area contributed by atoms with Crippen LogP contribution in [0.3, 0.4) is 0 Å². The Morgan fingerprint density at radius 3 is 2.00 bits per heavy atom. The zero-order valence-electron chi connectivity index (χ0n) is 21.7. The zero-order valence-corrected chi connectivity index (χ0v) is 21.7. The number of hydrogen-bond acceptors (Lipinski definition) is 2. The highest BCUT2D eigenvalue weighted by molar-refractivity contribution is 5.33. The predicted molar refractivity (Wildman–Crippen MR) is 138 cm³/mol. The second kappa shape index (κ2) is 12.9. The van der Waals surface area contributed by atoms with Crippen LogP contribution in [0.25, 0.3) is 0 Å². The third-order valence-corrected chi connectivity index (χ3v) is 8.25. The molecule has 0 bridgehead atoms. The van der Waals surface area contributed by atoms with Crippen LogP contribution in [0.4, 0.5) is 17.6 Å². The summed E-state index contributed by atoms with van der Waals surface area (Å²) in [6.45, 7) is 6.29. The molecule has 2 nitrogen and oxygen atoms in total. The van der Waals surface area contributed by atoms with Crippen molar-refractivity contribution in [3.8, 4) is 5.75 Å². The first-order valence-electron chi connectivity index (χ1n) is 13.7. The lowest BCUT2D eigenvalue weighted by atomic mass is 9.76. The van der Waals surface area contributed by atoms with Crippen LogP contribution in [0.1, 0.15) is 93.2 Å². The highest BCUT2D eigenvalue weighted by Gasteiger charge is 2.29. The molecule has 2 saturated carbocycles. The van der Waals surface area contributed by atoms with Crippen LogP contribution >= 0.6 is 0 Å². The number of halogens is 4. The van der Waals surface area contributed by atoms with E-state index >= 15 is 0 Å². The second-order valence-corrected chi connectivity index (χ2v) is 10.5. The van der Waals surface area contributed by atoms with Gasteiger partial charge >= 0.3 is 0 Å². The fraction of sp³-hybridized carbons (Fsp3) is 0.548. The molecule has 0 aliphatic heterocycles. The lowest BCUT2D eigenvalue weighted by Gasteiger charge is -2.30. The molecule has 2 fully saturated rings. The molecule has 2 aliphatic carbocycles. The maximum atomic E-state index is 15.0. The Kier molecular flexibility index (Phi) is 9.69. The third kappa shape index (κ3) is 6.57. The molecule has 0 aromatic heterocycles. The number of hydrogen-bond donors (Lipinski definition) is 0. The number of aryl methyl sites for hydroxylation is 1. The van der Waals surface area contributed by atoms with Gasteiger partial charge in [0, 0.05) is 6.61 Å². The van der Waals surface area contributed by atoms with Crippen molar-refractivity contribution in [1.29, 1.82) is 0 Å². The zero-order chi connectivity index (χ0) is 26.4. The van der Waals surface area contributed by atoms with E-state index in [0.29, 0.717) is 35.6 Å². The number of rotatable bonds is 10. The van der Waals surface area contributed by atoms with E-state index in [2.05, 4.69) is 6.58 Å². The van der Waals surface area contributed by atoms with Crippen molar-refractivity contribution >= 4 is 0 Å². The molecule has 6 heteroatoms. The van der Waals surface area contributed by atoms with Gasteiger partial charge in [-0.25, -0.2) is 13.2 Å². The van der Waals surface area contributed by atoms with Gasteiger partial charge in [0.15, 0.2) is 23.2 Å². The standard InChI is InChI=1S/C31H38F4O2/c1-3-19-37-27-18-17-26(30(34)31(27)35)21-8-5-20(6-9-21)7-10-23-13-16-25(29(33)28(23)32)22-11-14-24(15-12-22)36-4-2/h3,13,16-18,20-22,24H,1,4-12,14-15,19H2,2H3. The van der Waals surface area contributed by atoms with E-state index in [1.807, 2.05) is 6.92 Å². The van der Waals surface area contributed by atoms with Crippen molar-refractivity contribution in [3.05, 3.63) is 76.9 Å². The monoisotopic (exact) mass is 518 g/mol. The largest absolute Gasteiger partial charge is 0.486 e. The van der Waals surface area contributed by atoms with Crippen LogP contribution in [0.2, 0.25) is 0 Å². The maximum Gasteiger partial charge on any atom is 0.200 e. The van der Waals surface area contributed by atoms with Gasteiger partial charge in [-0.05, 0) is 112 Å². The van der Waals surface area contributed by atoms with Crippen LogP contribution in [0, 0.1) is 29.2 Å². The van der Waals surface area contributed by atoms with Gasteiger partial charge in [-0.3, -0.25) is 0 Å². The Hall–Kier alpha value is -2.34. The highest BCUT2D eigenvalue weighted by Crippen LogP contribution is 2.41. The Bertz CT molecular complexity index is 1050. The van der Waals surface area contributed by atoms with E-state index in [4.69, 9.17) is 9.47 Å². The molecule has 0 amide bonds. The van der Waals surface area contributed by atoms with Crippen LogP contribution < -0.4 is 4.74 Å². The molecule has 202 valence electrons. The first kappa shape index (κ1) is 27.7. The highest BCUT2D eigenvalue weighted by atomic mass is 19.2. The normalized spacial score (nSPS) is 24.1. The molecule has 2 aromatic carbocycles. The minimum atomic E-state index is -0.954. The summed E-state index contributed by atoms with van der Waals surface area (Å²) in [6, 6.07) is 6.62. The van der Waals surface area contributed by atoms with E-state index in [9.17, 15) is 17.6 Å². The summed E-state index contributed by atoms with van der Waals surface area (Å²) in [5, 5.41) is 0. The third-order valence-electron chi connectivity index (χ3n) is 8.25. The average molecular weight is 519 g/mol. The van der Waals surface area contributed by atoms with Gasteiger partial charge in [0.2, 0.25) is 5.82 Å². The molecule has 0 radical (unpaired) electrons. The van der Waals surface area contributed by atoms with E-state index in [1.165, 1.54) is 12.1 Å². The van der Waals surface area contributed by atoms with Gasteiger partial charge in [0.05, 0.1) is 6.10 Å². The Morgan fingerprint density at radius 2 is 1.38 bits per heavy atom. The Balaban J connectivity index is 1.30. The minimum Gasteiger partial charge on any atom is -0.486 e. The van der Waals surface area contributed by atoms with E-state index in [-0.39, 0.29) is 30.3 Å². The van der Waals surface area contributed by atoms with Crippen LogP contribution in [-0.2, 0) is 11.2 Å². The van der Waals surface area contributed by atoms with Crippen molar-refractivity contribution in [3.63, 3.8) is 0 Å². The van der Waals surface area contributed by atoms with Gasteiger partial charge < -0.3 is 9.47 Å². The Morgan fingerprint density at radius 1 is 0.784 bits per heavy atom. The molecule has 2 aromatic rings. The SMILES string of the molecule is C=CCOc1ccc(C2CCC(CCc3ccc(C4CCC(OCC)CC4)c(F)c3F)CC2)c(F)c1F. The van der Waals surface area contributed by atoms with Crippen molar-refractivity contribution in [2.75, 3.05) is 13.2 Å². The van der Waals surface area contributed by atoms with Gasteiger partial charge in [-0.2, -0.15) is 4.39 Å². The first-order valence-corrected chi connectivity index (χ1v) is 13.7. The topological polar surface area (TPSA) is 18.5 Å². The van der Waals surface area contributed by atoms with E-state index in [0.717, 1.165) is 57.8 Å². The molecule has 37 heavy (non-hydrogen) atoms. The second-order valence-electron chi connectivity index (χ2n) is 10.5. The minimum absolute atomic E-state index is 0.0448. The molecule has 2 aliphatic rings. The van der Waals surface area contributed by atoms with E-state index in [1.54, 1.807) is 18.2 Å².